The van der Waals surface area contributed by atoms with E-state index < -0.39 is 4.92 Å². The van der Waals surface area contributed by atoms with E-state index in [0.29, 0.717) is 11.5 Å². The van der Waals surface area contributed by atoms with Crippen molar-refractivity contribution in [3.63, 3.8) is 0 Å². The molecule has 0 saturated carbocycles. The molecule has 0 bridgehead atoms. The van der Waals surface area contributed by atoms with E-state index in [4.69, 9.17) is 11.6 Å². The van der Waals surface area contributed by atoms with E-state index in [1.165, 1.54) is 24.0 Å². The summed E-state index contributed by atoms with van der Waals surface area (Å²) in [6.07, 6.45) is 1.50. The van der Waals surface area contributed by atoms with Gasteiger partial charge in [0.1, 0.15) is 17.0 Å². The second kappa shape index (κ2) is 7.18. The molecular formula is C20H15ClN4O2S. The van der Waals surface area contributed by atoms with Gasteiger partial charge in [0.2, 0.25) is 0 Å². The second-order valence-electron chi connectivity index (χ2n) is 6.35. The molecule has 0 atom stereocenters. The molecule has 1 N–H and O–H groups in total. The van der Waals surface area contributed by atoms with Crippen molar-refractivity contribution in [2.24, 2.45) is 0 Å². The zero-order valence-electron chi connectivity index (χ0n) is 15.1. The van der Waals surface area contributed by atoms with Crippen molar-refractivity contribution >= 4 is 50.3 Å². The van der Waals surface area contributed by atoms with Crippen LogP contribution in [0.5, 0.6) is 0 Å². The third kappa shape index (κ3) is 3.30. The molecule has 0 aliphatic heterocycles. The maximum Gasteiger partial charge on any atom is 0.271 e. The first kappa shape index (κ1) is 18.3. The van der Waals surface area contributed by atoms with Gasteiger partial charge in [0.15, 0.2) is 0 Å². The third-order valence-electron chi connectivity index (χ3n) is 4.42. The van der Waals surface area contributed by atoms with Gasteiger partial charge >= 0.3 is 0 Å². The number of rotatable bonds is 4. The van der Waals surface area contributed by atoms with Crippen molar-refractivity contribution in [2.75, 3.05) is 5.32 Å². The topological polar surface area (TPSA) is 81.0 Å². The first-order valence-electron chi connectivity index (χ1n) is 8.46. The smallest absolute Gasteiger partial charge is 0.271 e. The third-order valence-corrected chi connectivity index (χ3v) is 5.75. The number of nitrogens with zero attached hydrogens (tertiary/aromatic N) is 3. The van der Waals surface area contributed by atoms with Crippen LogP contribution < -0.4 is 5.32 Å². The number of anilines is 2. The van der Waals surface area contributed by atoms with Gasteiger partial charge in [0.25, 0.3) is 5.69 Å². The summed E-state index contributed by atoms with van der Waals surface area (Å²) in [5.41, 5.74) is 3.83. The molecule has 0 unspecified atom stereocenters. The summed E-state index contributed by atoms with van der Waals surface area (Å²) >= 11 is 7.85. The molecular weight excluding hydrogens is 396 g/mol. The normalized spacial score (nSPS) is 11.0. The van der Waals surface area contributed by atoms with Gasteiger partial charge in [-0.3, -0.25) is 10.1 Å². The van der Waals surface area contributed by atoms with Crippen molar-refractivity contribution in [3.8, 4) is 11.1 Å². The zero-order valence-corrected chi connectivity index (χ0v) is 16.6. The molecule has 28 heavy (non-hydrogen) atoms. The monoisotopic (exact) mass is 410 g/mol. The number of aromatic nitrogens is 2. The lowest BCUT2D eigenvalue weighted by Gasteiger charge is -2.10. The lowest BCUT2D eigenvalue weighted by Crippen LogP contribution is -1.97. The van der Waals surface area contributed by atoms with E-state index in [0.717, 1.165) is 26.2 Å². The SMILES string of the molecule is Cc1ccc(-c2c(C)sc3ncnc(Nc4ccc([N+](=O)[O-])cc4Cl)c23)cc1. The Morgan fingerprint density at radius 2 is 1.86 bits per heavy atom. The summed E-state index contributed by atoms with van der Waals surface area (Å²) < 4.78 is 0. The average Bonchev–Trinajstić information content (AvgIpc) is 3.00. The number of thiophene rings is 1. The number of nitro groups is 1. The number of fused-ring (bicyclic) bond motifs is 1. The molecule has 4 aromatic rings. The molecule has 0 aliphatic carbocycles. The molecule has 2 aromatic carbocycles. The molecule has 0 saturated heterocycles. The number of benzene rings is 2. The van der Waals surface area contributed by atoms with Crippen LogP contribution in [0.2, 0.25) is 5.02 Å². The van der Waals surface area contributed by atoms with Gasteiger partial charge in [-0.1, -0.05) is 41.4 Å². The Labute approximate surface area is 170 Å². The number of nitrogens with one attached hydrogen (secondary N) is 1. The fourth-order valence-electron chi connectivity index (χ4n) is 3.05. The number of aryl methyl sites for hydroxylation is 2. The van der Waals surface area contributed by atoms with E-state index >= 15 is 0 Å². The number of hydrogen-bond acceptors (Lipinski definition) is 6. The number of hydrogen-bond donors (Lipinski definition) is 1. The Morgan fingerprint density at radius 1 is 1.11 bits per heavy atom. The Hall–Kier alpha value is -3.03. The van der Waals surface area contributed by atoms with Gasteiger partial charge in [0, 0.05) is 22.6 Å². The Bertz CT molecular complexity index is 1210. The lowest BCUT2D eigenvalue weighted by molar-refractivity contribution is -0.384. The van der Waals surface area contributed by atoms with Crippen LogP contribution in [0.25, 0.3) is 21.3 Å². The van der Waals surface area contributed by atoms with Crippen LogP contribution in [0.4, 0.5) is 17.2 Å². The van der Waals surface area contributed by atoms with Crippen LogP contribution in [0.15, 0.2) is 48.8 Å². The highest BCUT2D eigenvalue weighted by molar-refractivity contribution is 7.19. The number of nitro benzene ring substituents is 1. The molecule has 140 valence electrons. The number of halogens is 1. The van der Waals surface area contributed by atoms with Crippen molar-refractivity contribution < 1.29 is 4.92 Å². The van der Waals surface area contributed by atoms with Gasteiger partial charge in [-0.25, -0.2) is 9.97 Å². The Morgan fingerprint density at radius 3 is 2.54 bits per heavy atom. The van der Waals surface area contributed by atoms with Gasteiger partial charge in [-0.2, -0.15) is 0 Å². The highest BCUT2D eigenvalue weighted by Crippen LogP contribution is 2.41. The molecule has 0 radical (unpaired) electrons. The Kier molecular flexibility index (Phi) is 4.70. The highest BCUT2D eigenvalue weighted by atomic mass is 35.5. The molecule has 2 heterocycles. The molecule has 6 nitrogen and oxygen atoms in total. The molecule has 2 aromatic heterocycles. The van der Waals surface area contributed by atoms with Crippen LogP contribution in [0.3, 0.4) is 0 Å². The summed E-state index contributed by atoms with van der Waals surface area (Å²) in [6, 6.07) is 12.6. The van der Waals surface area contributed by atoms with E-state index in [-0.39, 0.29) is 10.7 Å². The summed E-state index contributed by atoms with van der Waals surface area (Å²) in [5, 5.41) is 15.3. The zero-order chi connectivity index (χ0) is 19.8. The summed E-state index contributed by atoms with van der Waals surface area (Å²) in [6.45, 7) is 4.11. The fourth-order valence-corrected chi connectivity index (χ4v) is 4.29. The van der Waals surface area contributed by atoms with E-state index in [2.05, 4.69) is 53.4 Å². The molecule has 0 amide bonds. The summed E-state index contributed by atoms with van der Waals surface area (Å²) in [4.78, 5) is 21.3. The maximum absolute atomic E-state index is 10.9. The van der Waals surface area contributed by atoms with Crippen LogP contribution in [0, 0.1) is 24.0 Å². The van der Waals surface area contributed by atoms with E-state index in [9.17, 15) is 10.1 Å². The van der Waals surface area contributed by atoms with Gasteiger partial charge in [-0.05, 0) is 25.5 Å². The molecule has 0 fully saturated rings. The van der Waals surface area contributed by atoms with Crippen LogP contribution in [-0.2, 0) is 0 Å². The maximum atomic E-state index is 10.9. The van der Waals surface area contributed by atoms with Gasteiger partial charge < -0.3 is 5.32 Å². The minimum Gasteiger partial charge on any atom is -0.338 e. The summed E-state index contributed by atoms with van der Waals surface area (Å²) in [7, 11) is 0. The van der Waals surface area contributed by atoms with Gasteiger partial charge in [-0.15, -0.1) is 11.3 Å². The summed E-state index contributed by atoms with van der Waals surface area (Å²) in [5.74, 6) is 0.612. The highest BCUT2D eigenvalue weighted by Gasteiger charge is 2.18. The van der Waals surface area contributed by atoms with Crippen LogP contribution in [0.1, 0.15) is 10.4 Å². The predicted octanol–water partition coefficient (Wildman–Crippen LogP) is 6.28. The first-order valence-corrected chi connectivity index (χ1v) is 9.65. The van der Waals surface area contributed by atoms with Crippen molar-refractivity contribution in [1.82, 2.24) is 9.97 Å². The first-order chi connectivity index (χ1) is 13.4. The average molecular weight is 411 g/mol. The molecule has 8 heteroatoms. The minimum atomic E-state index is -0.476. The quantitative estimate of drug-likeness (QED) is 0.316. The molecule has 0 spiro atoms. The van der Waals surface area contributed by atoms with Crippen LogP contribution in [-0.4, -0.2) is 14.9 Å². The second-order valence-corrected chi connectivity index (χ2v) is 7.96. The number of non-ortho nitro benzene ring substituents is 1. The van der Waals surface area contributed by atoms with E-state index in [1.54, 1.807) is 17.4 Å². The van der Waals surface area contributed by atoms with Crippen molar-refractivity contribution in [1.29, 1.82) is 0 Å². The van der Waals surface area contributed by atoms with Crippen molar-refractivity contribution in [3.05, 3.63) is 74.4 Å². The fraction of sp³-hybridized carbons (Fsp3) is 0.100. The van der Waals surface area contributed by atoms with Crippen molar-refractivity contribution in [2.45, 2.75) is 13.8 Å². The molecule has 0 aliphatic rings. The largest absolute Gasteiger partial charge is 0.338 e. The lowest BCUT2D eigenvalue weighted by atomic mass is 10.0. The minimum absolute atomic E-state index is 0.0601. The van der Waals surface area contributed by atoms with Crippen LogP contribution >= 0.6 is 22.9 Å². The standard InChI is InChI=1S/C20H15ClN4O2S/c1-11-3-5-13(6-4-11)17-12(2)28-20-18(17)19(22-10-23-20)24-16-8-7-14(25(26)27)9-15(16)21/h3-10H,1-2H3,(H,22,23,24). The predicted molar refractivity (Wildman–Crippen MR) is 114 cm³/mol. The molecule has 4 rings (SSSR count). The Balaban J connectivity index is 1.84. The van der Waals surface area contributed by atoms with E-state index in [1.807, 2.05) is 0 Å². The van der Waals surface area contributed by atoms with Gasteiger partial charge in [0.05, 0.1) is 21.0 Å².